The fourth-order valence-electron chi connectivity index (χ4n) is 3.46. The zero-order chi connectivity index (χ0) is 14.4. The predicted octanol–water partition coefficient (Wildman–Crippen LogP) is 1.22. The van der Waals surface area contributed by atoms with Gasteiger partial charge in [0.2, 0.25) is 0 Å². The van der Waals surface area contributed by atoms with Crippen LogP contribution in [0.1, 0.15) is 38.5 Å². The third-order valence-corrected chi connectivity index (χ3v) is 5.10. The molecule has 2 rings (SSSR count). The second-order valence-electron chi connectivity index (χ2n) is 7.16. The summed E-state index contributed by atoms with van der Waals surface area (Å²) in [6.45, 7) is 8.50. The van der Waals surface area contributed by atoms with Crippen LogP contribution in [0.2, 0.25) is 0 Å². The van der Waals surface area contributed by atoms with Crippen LogP contribution in [-0.4, -0.2) is 80.1 Å². The fourth-order valence-corrected chi connectivity index (χ4v) is 3.46. The predicted molar refractivity (Wildman–Crippen MR) is 86.1 cm³/mol. The Morgan fingerprint density at radius 3 is 2.00 bits per heavy atom. The molecular weight excluding hydrogens is 248 g/mol. The normalized spacial score (nSPS) is 25.2. The number of hydrogen-bond acceptors (Lipinski definition) is 4. The standard InChI is InChI=1S/C16H34N4/c1-18(2)10-11-20-14-12-19(13-15-20)9-8-16(17)6-4-3-5-7-16/h3-15,17H2,1-2H3. The van der Waals surface area contributed by atoms with Crippen molar-refractivity contribution < 1.29 is 0 Å². The van der Waals surface area contributed by atoms with Gasteiger partial charge in [0.05, 0.1) is 0 Å². The van der Waals surface area contributed by atoms with Gasteiger partial charge in [-0.05, 0) is 39.9 Å². The smallest absolute Gasteiger partial charge is 0.0166 e. The highest BCUT2D eigenvalue weighted by molar-refractivity contribution is 4.88. The zero-order valence-electron chi connectivity index (χ0n) is 13.6. The van der Waals surface area contributed by atoms with E-state index < -0.39 is 0 Å². The van der Waals surface area contributed by atoms with Crippen molar-refractivity contribution in [3.05, 3.63) is 0 Å². The van der Waals surface area contributed by atoms with E-state index in [4.69, 9.17) is 5.73 Å². The first-order chi connectivity index (χ1) is 9.57. The Labute approximate surface area is 125 Å². The van der Waals surface area contributed by atoms with Crippen molar-refractivity contribution in [1.29, 1.82) is 0 Å². The van der Waals surface area contributed by atoms with Crippen LogP contribution in [0.25, 0.3) is 0 Å². The summed E-state index contributed by atoms with van der Waals surface area (Å²) in [6, 6.07) is 0. The molecule has 0 aromatic heterocycles. The highest BCUT2D eigenvalue weighted by Gasteiger charge is 2.28. The molecule has 0 unspecified atom stereocenters. The number of nitrogens with two attached hydrogens (primary N) is 1. The summed E-state index contributed by atoms with van der Waals surface area (Å²) in [5.41, 5.74) is 6.70. The summed E-state index contributed by atoms with van der Waals surface area (Å²) in [6.07, 6.45) is 7.77. The van der Waals surface area contributed by atoms with Crippen LogP contribution >= 0.6 is 0 Å². The van der Waals surface area contributed by atoms with E-state index in [1.54, 1.807) is 0 Å². The minimum atomic E-state index is 0.153. The SMILES string of the molecule is CN(C)CCN1CCN(CCC2(N)CCCCC2)CC1. The lowest BCUT2D eigenvalue weighted by Gasteiger charge is -2.39. The van der Waals surface area contributed by atoms with Gasteiger partial charge >= 0.3 is 0 Å². The summed E-state index contributed by atoms with van der Waals surface area (Å²) in [4.78, 5) is 7.48. The molecule has 1 aliphatic heterocycles. The van der Waals surface area contributed by atoms with Gasteiger partial charge in [-0.15, -0.1) is 0 Å². The summed E-state index contributed by atoms with van der Waals surface area (Å²) in [5, 5.41) is 0. The van der Waals surface area contributed by atoms with Gasteiger partial charge in [-0.3, -0.25) is 4.90 Å². The average molecular weight is 282 g/mol. The Bertz CT molecular complexity index is 266. The lowest BCUT2D eigenvalue weighted by molar-refractivity contribution is 0.114. The molecule has 1 aliphatic carbocycles. The first kappa shape index (κ1) is 16.2. The summed E-state index contributed by atoms with van der Waals surface area (Å²) in [5.74, 6) is 0. The first-order valence-corrected chi connectivity index (χ1v) is 8.46. The zero-order valence-corrected chi connectivity index (χ0v) is 13.6. The van der Waals surface area contributed by atoms with Gasteiger partial charge < -0.3 is 15.5 Å². The van der Waals surface area contributed by atoms with Gasteiger partial charge in [0.15, 0.2) is 0 Å². The maximum atomic E-state index is 6.54. The van der Waals surface area contributed by atoms with Crippen molar-refractivity contribution >= 4 is 0 Å². The molecule has 0 spiro atoms. The van der Waals surface area contributed by atoms with Crippen molar-refractivity contribution in [2.24, 2.45) is 5.73 Å². The fraction of sp³-hybridized carbons (Fsp3) is 1.00. The Balaban J connectivity index is 1.62. The van der Waals surface area contributed by atoms with E-state index in [1.807, 2.05) is 0 Å². The maximum absolute atomic E-state index is 6.54. The van der Waals surface area contributed by atoms with E-state index in [2.05, 4.69) is 28.8 Å². The molecule has 1 saturated heterocycles. The minimum Gasteiger partial charge on any atom is -0.325 e. The summed E-state index contributed by atoms with van der Waals surface area (Å²) in [7, 11) is 4.31. The van der Waals surface area contributed by atoms with Gasteiger partial charge in [-0.2, -0.15) is 0 Å². The van der Waals surface area contributed by atoms with Gasteiger partial charge in [0.25, 0.3) is 0 Å². The molecule has 0 aromatic carbocycles. The lowest BCUT2D eigenvalue weighted by atomic mass is 9.80. The molecule has 2 aliphatic rings. The molecule has 0 amide bonds. The number of hydrogen-bond donors (Lipinski definition) is 1. The second-order valence-corrected chi connectivity index (χ2v) is 7.16. The van der Waals surface area contributed by atoms with E-state index >= 15 is 0 Å². The second kappa shape index (κ2) is 7.74. The van der Waals surface area contributed by atoms with E-state index in [-0.39, 0.29) is 5.54 Å². The molecule has 2 fully saturated rings. The molecule has 0 radical (unpaired) electrons. The average Bonchev–Trinajstić information content (AvgIpc) is 2.45. The van der Waals surface area contributed by atoms with Crippen molar-refractivity contribution in [1.82, 2.24) is 14.7 Å². The quantitative estimate of drug-likeness (QED) is 0.794. The van der Waals surface area contributed by atoms with Crippen LogP contribution < -0.4 is 5.73 Å². The van der Waals surface area contributed by atoms with Crippen molar-refractivity contribution in [2.75, 3.05) is 59.9 Å². The monoisotopic (exact) mass is 282 g/mol. The Morgan fingerprint density at radius 2 is 1.45 bits per heavy atom. The van der Waals surface area contributed by atoms with Crippen LogP contribution in [-0.2, 0) is 0 Å². The Morgan fingerprint density at radius 1 is 0.900 bits per heavy atom. The molecule has 118 valence electrons. The largest absolute Gasteiger partial charge is 0.325 e. The number of rotatable bonds is 6. The molecule has 0 aromatic rings. The number of nitrogens with zero attached hydrogens (tertiary/aromatic N) is 3. The van der Waals surface area contributed by atoms with Crippen LogP contribution in [0.3, 0.4) is 0 Å². The third-order valence-electron chi connectivity index (χ3n) is 5.10. The van der Waals surface area contributed by atoms with Crippen LogP contribution in [0.4, 0.5) is 0 Å². The Kier molecular flexibility index (Phi) is 6.27. The molecule has 4 heteroatoms. The minimum absolute atomic E-state index is 0.153. The van der Waals surface area contributed by atoms with Gasteiger partial charge in [0, 0.05) is 44.8 Å². The topological polar surface area (TPSA) is 35.7 Å². The summed E-state index contributed by atoms with van der Waals surface area (Å²) >= 11 is 0. The van der Waals surface area contributed by atoms with E-state index in [0.717, 1.165) is 0 Å². The maximum Gasteiger partial charge on any atom is 0.0166 e. The van der Waals surface area contributed by atoms with Crippen LogP contribution in [0, 0.1) is 0 Å². The van der Waals surface area contributed by atoms with Crippen LogP contribution in [0.15, 0.2) is 0 Å². The Hall–Kier alpha value is -0.160. The lowest BCUT2D eigenvalue weighted by Crippen LogP contribution is -2.50. The molecular formula is C16H34N4. The molecule has 2 N–H and O–H groups in total. The molecule has 1 heterocycles. The molecule has 4 nitrogen and oxygen atoms in total. The van der Waals surface area contributed by atoms with E-state index in [1.165, 1.54) is 84.3 Å². The molecule has 0 atom stereocenters. The van der Waals surface area contributed by atoms with Crippen molar-refractivity contribution in [3.8, 4) is 0 Å². The van der Waals surface area contributed by atoms with Crippen molar-refractivity contribution in [2.45, 2.75) is 44.1 Å². The van der Waals surface area contributed by atoms with E-state index in [9.17, 15) is 0 Å². The third kappa shape index (κ3) is 5.32. The van der Waals surface area contributed by atoms with Crippen molar-refractivity contribution in [3.63, 3.8) is 0 Å². The highest BCUT2D eigenvalue weighted by atomic mass is 15.3. The molecule has 0 bridgehead atoms. The number of piperazine rings is 1. The highest BCUT2D eigenvalue weighted by Crippen LogP contribution is 2.28. The van der Waals surface area contributed by atoms with Gasteiger partial charge in [-0.1, -0.05) is 19.3 Å². The van der Waals surface area contributed by atoms with Crippen LogP contribution in [0.5, 0.6) is 0 Å². The van der Waals surface area contributed by atoms with Gasteiger partial charge in [-0.25, -0.2) is 0 Å². The summed E-state index contributed by atoms with van der Waals surface area (Å²) < 4.78 is 0. The van der Waals surface area contributed by atoms with Gasteiger partial charge in [0.1, 0.15) is 0 Å². The number of likely N-dealkylation sites (N-methyl/N-ethyl adjacent to an activating group) is 1. The molecule has 20 heavy (non-hydrogen) atoms. The van der Waals surface area contributed by atoms with E-state index in [0.29, 0.717) is 0 Å². The first-order valence-electron chi connectivity index (χ1n) is 8.46. The molecule has 1 saturated carbocycles.